The molecule has 0 unspecified atom stereocenters. The molecule has 0 fully saturated rings. The first-order valence-corrected chi connectivity index (χ1v) is 9.35. The van der Waals surface area contributed by atoms with E-state index in [1.165, 1.54) is 47.7 Å². The lowest BCUT2D eigenvalue weighted by atomic mass is 10.0. The van der Waals surface area contributed by atoms with Crippen LogP contribution in [-0.2, 0) is 12.9 Å². The molecule has 0 atom stereocenters. The Morgan fingerprint density at radius 3 is 2.45 bits per heavy atom. The van der Waals surface area contributed by atoms with Gasteiger partial charge in [0.1, 0.15) is 12.5 Å². The first kappa shape index (κ1) is 21.0. The van der Waals surface area contributed by atoms with Crippen LogP contribution in [0.25, 0.3) is 28.1 Å². The molecule has 2 aromatic carbocycles. The van der Waals surface area contributed by atoms with E-state index in [-0.39, 0.29) is 16.1 Å². The molecule has 0 spiro atoms. The number of alkyl halides is 4. The fourth-order valence-corrected chi connectivity index (χ4v) is 3.56. The molecule has 2 aromatic heterocycles. The van der Waals surface area contributed by atoms with Gasteiger partial charge in [0.25, 0.3) is 0 Å². The molecule has 158 valence electrons. The van der Waals surface area contributed by atoms with Crippen LogP contribution in [-0.4, -0.2) is 14.5 Å². The number of pyridine rings is 1. The van der Waals surface area contributed by atoms with Crippen molar-refractivity contribution in [2.75, 3.05) is 0 Å². The number of imidazole rings is 1. The summed E-state index contributed by atoms with van der Waals surface area (Å²) in [6, 6.07) is 8.61. The predicted octanol–water partition coefficient (Wildman–Crippen LogP) is 6.88. The summed E-state index contributed by atoms with van der Waals surface area (Å²) in [7, 11) is 0. The van der Waals surface area contributed by atoms with Crippen LogP contribution in [0.5, 0.6) is 0 Å². The minimum atomic E-state index is -4.63. The third-order valence-electron chi connectivity index (χ3n) is 4.69. The largest absolute Gasteiger partial charge is 0.416 e. The van der Waals surface area contributed by atoms with Gasteiger partial charge in [0.15, 0.2) is 0 Å². The normalized spacial score (nSPS) is 11.7. The fourth-order valence-electron chi connectivity index (χ4n) is 3.30. The molecule has 0 N–H and O–H groups in total. The van der Waals surface area contributed by atoms with Crippen LogP contribution in [0, 0.1) is 5.82 Å². The topological polar surface area (TPSA) is 30.7 Å². The van der Waals surface area contributed by atoms with Crippen LogP contribution >= 0.6 is 11.6 Å². The molecule has 0 radical (unpaired) electrons. The molecule has 4 rings (SSSR count). The summed E-state index contributed by atoms with van der Waals surface area (Å²) in [6.45, 7) is -1.05. The summed E-state index contributed by atoms with van der Waals surface area (Å²) in [5, 5.41) is 0.160. The molecule has 0 aliphatic carbocycles. The highest BCUT2D eigenvalue weighted by Crippen LogP contribution is 2.37. The molecule has 0 bridgehead atoms. The number of halogens is 6. The third kappa shape index (κ3) is 4.16. The van der Waals surface area contributed by atoms with E-state index < -0.39 is 24.2 Å². The number of nitrogens with zero attached hydrogens (tertiary/aromatic N) is 3. The SMILES string of the molecule is FCc1cc(-c2cncn2-c2cnccc2-c2ccc(F)cc2Cl)cc(C(F)(F)F)c1. The van der Waals surface area contributed by atoms with Crippen molar-refractivity contribution in [1.82, 2.24) is 14.5 Å². The van der Waals surface area contributed by atoms with Crippen molar-refractivity contribution in [3.05, 3.63) is 89.3 Å². The summed E-state index contributed by atoms with van der Waals surface area (Å²) < 4.78 is 68.2. The van der Waals surface area contributed by atoms with Crippen LogP contribution in [0.1, 0.15) is 11.1 Å². The standard InChI is InChI=1S/C22H13ClF5N3/c23-19-8-16(25)1-2-17(19)18-3-4-29-11-21(18)31-12-30-10-20(31)14-5-13(9-24)6-15(7-14)22(26,27)28/h1-8,10-12H,9H2. The summed E-state index contributed by atoms with van der Waals surface area (Å²) >= 11 is 6.21. The molecule has 0 saturated carbocycles. The summed E-state index contributed by atoms with van der Waals surface area (Å²) in [4.78, 5) is 8.15. The molecular formula is C22H13ClF5N3. The summed E-state index contributed by atoms with van der Waals surface area (Å²) in [5.41, 5.74) is 0.908. The zero-order valence-electron chi connectivity index (χ0n) is 15.7. The van der Waals surface area contributed by atoms with Crippen molar-refractivity contribution in [1.29, 1.82) is 0 Å². The molecular weight excluding hydrogens is 437 g/mol. The van der Waals surface area contributed by atoms with Gasteiger partial charge in [-0.2, -0.15) is 13.2 Å². The number of hydrogen-bond donors (Lipinski definition) is 0. The van der Waals surface area contributed by atoms with Gasteiger partial charge in [-0.15, -0.1) is 0 Å². The Balaban J connectivity index is 1.90. The highest BCUT2D eigenvalue weighted by molar-refractivity contribution is 6.33. The predicted molar refractivity (Wildman–Crippen MR) is 107 cm³/mol. The van der Waals surface area contributed by atoms with E-state index in [4.69, 9.17) is 11.6 Å². The van der Waals surface area contributed by atoms with E-state index >= 15 is 0 Å². The summed E-state index contributed by atoms with van der Waals surface area (Å²) in [6.07, 6.45) is 1.15. The first-order chi connectivity index (χ1) is 14.8. The molecule has 0 saturated heterocycles. The molecule has 0 amide bonds. The third-order valence-corrected chi connectivity index (χ3v) is 5.00. The Bertz CT molecular complexity index is 1250. The van der Waals surface area contributed by atoms with Gasteiger partial charge in [0.05, 0.1) is 40.7 Å². The van der Waals surface area contributed by atoms with Gasteiger partial charge < -0.3 is 0 Å². The highest BCUT2D eigenvalue weighted by atomic mass is 35.5. The lowest BCUT2D eigenvalue weighted by Crippen LogP contribution is -2.07. The van der Waals surface area contributed by atoms with E-state index in [1.54, 1.807) is 6.07 Å². The average molecular weight is 450 g/mol. The van der Waals surface area contributed by atoms with E-state index in [0.717, 1.165) is 18.2 Å². The van der Waals surface area contributed by atoms with Crippen molar-refractivity contribution in [2.45, 2.75) is 12.9 Å². The lowest BCUT2D eigenvalue weighted by molar-refractivity contribution is -0.137. The first-order valence-electron chi connectivity index (χ1n) is 8.97. The van der Waals surface area contributed by atoms with Gasteiger partial charge in [-0.05, 0) is 48.0 Å². The van der Waals surface area contributed by atoms with Crippen molar-refractivity contribution >= 4 is 11.6 Å². The van der Waals surface area contributed by atoms with E-state index in [9.17, 15) is 22.0 Å². The number of aromatic nitrogens is 3. The minimum Gasteiger partial charge on any atom is -0.297 e. The van der Waals surface area contributed by atoms with E-state index in [0.29, 0.717) is 22.5 Å². The number of rotatable bonds is 4. The molecule has 3 nitrogen and oxygen atoms in total. The van der Waals surface area contributed by atoms with E-state index in [1.807, 2.05) is 0 Å². The highest BCUT2D eigenvalue weighted by Gasteiger charge is 2.31. The molecule has 4 aromatic rings. The van der Waals surface area contributed by atoms with Crippen LogP contribution in [0.3, 0.4) is 0 Å². The second kappa shape index (κ2) is 8.11. The zero-order valence-corrected chi connectivity index (χ0v) is 16.4. The molecule has 2 heterocycles. The average Bonchev–Trinajstić information content (AvgIpc) is 3.22. The molecule has 0 aliphatic rings. The van der Waals surface area contributed by atoms with Gasteiger partial charge in [-0.3, -0.25) is 9.55 Å². The monoisotopic (exact) mass is 449 g/mol. The smallest absolute Gasteiger partial charge is 0.297 e. The number of benzene rings is 2. The van der Waals surface area contributed by atoms with Gasteiger partial charge in [-0.25, -0.2) is 13.8 Å². The zero-order chi connectivity index (χ0) is 22.2. The number of hydrogen-bond acceptors (Lipinski definition) is 2. The van der Waals surface area contributed by atoms with Gasteiger partial charge in [0, 0.05) is 22.9 Å². The Morgan fingerprint density at radius 2 is 1.74 bits per heavy atom. The van der Waals surface area contributed by atoms with Crippen molar-refractivity contribution in [2.24, 2.45) is 0 Å². The Labute approximate surface area is 178 Å². The lowest BCUT2D eigenvalue weighted by Gasteiger charge is -2.16. The second-order valence-electron chi connectivity index (χ2n) is 6.72. The second-order valence-corrected chi connectivity index (χ2v) is 7.12. The molecule has 0 aliphatic heterocycles. The van der Waals surface area contributed by atoms with Gasteiger partial charge in [0.2, 0.25) is 0 Å². The van der Waals surface area contributed by atoms with Crippen molar-refractivity contribution < 1.29 is 22.0 Å². The maximum atomic E-state index is 13.5. The fraction of sp³-hybridized carbons (Fsp3) is 0.0909. The van der Waals surface area contributed by atoms with Crippen molar-refractivity contribution in [3.63, 3.8) is 0 Å². The van der Waals surface area contributed by atoms with Crippen LogP contribution in [0.2, 0.25) is 5.02 Å². The maximum absolute atomic E-state index is 13.5. The molecule has 9 heteroatoms. The van der Waals surface area contributed by atoms with Crippen LogP contribution in [0.4, 0.5) is 22.0 Å². The Kier molecular flexibility index (Phi) is 5.49. The minimum absolute atomic E-state index is 0.106. The van der Waals surface area contributed by atoms with Gasteiger partial charge >= 0.3 is 6.18 Å². The maximum Gasteiger partial charge on any atom is 0.416 e. The quantitative estimate of drug-likeness (QED) is 0.318. The Morgan fingerprint density at radius 1 is 0.935 bits per heavy atom. The Hall–Kier alpha value is -3.26. The van der Waals surface area contributed by atoms with E-state index in [2.05, 4.69) is 9.97 Å². The van der Waals surface area contributed by atoms with Gasteiger partial charge in [-0.1, -0.05) is 11.6 Å². The molecule has 31 heavy (non-hydrogen) atoms. The van der Waals surface area contributed by atoms with Crippen LogP contribution in [0.15, 0.2) is 67.4 Å². The summed E-state index contributed by atoms with van der Waals surface area (Å²) in [5.74, 6) is -0.504. The van der Waals surface area contributed by atoms with Crippen molar-refractivity contribution in [3.8, 4) is 28.1 Å². The van der Waals surface area contributed by atoms with Crippen LogP contribution < -0.4 is 0 Å².